The van der Waals surface area contributed by atoms with Crippen molar-refractivity contribution in [1.82, 2.24) is 0 Å². The van der Waals surface area contributed by atoms with Gasteiger partial charge in [0.05, 0.1) is 20.0 Å². The predicted molar refractivity (Wildman–Crippen MR) is 112 cm³/mol. The van der Waals surface area contributed by atoms with Gasteiger partial charge in [-0.3, -0.25) is 0 Å². The molecule has 0 bridgehead atoms. The van der Waals surface area contributed by atoms with Gasteiger partial charge in [0.25, 0.3) is 0 Å². The Hall–Kier alpha value is -1.92. The van der Waals surface area contributed by atoms with E-state index in [2.05, 4.69) is 0 Å². The van der Waals surface area contributed by atoms with E-state index in [-0.39, 0.29) is 16.7 Å². The molecule has 0 aromatic heterocycles. The molecule has 0 saturated heterocycles. The van der Waals surface area contributed by atoms with Crippen LogP contribution in [0, 0.1) is 0 Å². The van der Waals surface area contributed by atoms with Crippen molar-refractivity contribution in [3.8, 4) is 33.8 Å². The molecule has 1 aliphatic rings. The lowest BCUT2D eigenvalue weighted by atomic mass is 9.94. The number of rotatable bonds is 3. The van der Waals surface area contributed by atoms with Gasteiger partial charge in [-0.2, -0.15) is 0 Å². The first-order chi connectivity index (χ1) is 13.2. The normalized spacial score (nSPS) is 13.0. The van der Waals surface area contributed by atoms with Crippen molar-refractivity contribution in [1.29, 1.82) is 0 Å². The van der Waals surface area contributed by atoms with E-state index in [0.29, 0.717) is 21.5 Å². The molecule has 0 atom stereocenters. The molecule has 3 aromatic rings. The van der Waals surface area contributed by atoms with Crippen LogP contribution in [-0.2, 0) is 9.84 Å². The highest BCUT2D eigenvalue weighted by atomic mass is 35.5. The van der Waals surface area contributed by atoms with Gasteiger partial charge in [0.2, 0.25) is 6.79 Å². The second-order valence-electron chi connectivity index (χ2n) is 6.30. The van der Waals surface area contributed by atoms with Gasteiger partial charge in [-0.1, -0.05) is 46.9 Å². The van der Waals surface area contributed by atoms with Crippen molar-refractivity contribution in [3.63, 3.8) is 0 Å². The molecular weight excluding hydrogens is 443 g/mol. The molecule has 1 heterocycles. The fourth-order valence-electron chi connectivity index (χ4n) is 3.01. The molecule has 0 spiro atoms. The molecule has 8 heteroatoms. The van der Waals surface area contributed by atoms with E-state index in [1.54, 1.807) is 36.4 Å². The van der Waals surface area contributed by atoms with Crippen molar-refractivity contribution in [3.05, 3.63) is 63.6 Å². The first kappa shape index (κ1) is 19.4. The minimum Gasteiger partial charge on any atom is -0.454 e. The number of benzene rings is 3. The molecule has 0 amide bonds. The third-order valence-electron chi connectivity index (χ3n) is 4.40. The maximum Gasteiger partial charge on any atom is 0.231 e. The quantitative estimate of drug-likeness (QED) is 0.447. The van der Waals surface area contributed by atoms with Crippen LogP contribution < -0.4 is 9.47 Å². The van der Waals surface area contributed by atoms with Crippen LogP contribution in [0.2, 0.25) is 15.1 Å². The van der Waals surface area contributed by atoms with Crippen LogP contribution in [-0.4, -0.2) is 21.5 Å². The average molecular weight is 456 g/mol. The largest absolute Gasteiger partial charge is 0.454 e. The predicted octanol–water partition coefficient (Wildman–Crippen LogP) is 6.11. The second-order valence-corrected chi connectivity index (χ2v) is 9.51. The Morgan fingerprint density at radius 1 is 0.786 bits per heavy atom. The van der Waals surface area contributed by atoms with Gasteiger partial charge in [-0.15, -0.1) is 0 Å². The summed E-state index contributed by atoms with van der Waals surface area (Å²) in [5.41, 5.74) is 3.18. The van der Waals surface area contributed by atoms with Gasteiger partial charge >= 0.3 is 0 Å². The van der Waals surface area contributed by atoms with Crippen LogP contribution in [0.4, 0.5) is 0 Å². The van der Waals surface area contributed by atoms with Crippen LogP contribution in [0.25, 0.3) is 22.3 Å². The monoisotopic (exact) mass is 454 g/mol. The minimum atomic E-state index is -3.28. The third-order valence-corrected chi connectivity index (χ3v) is 6.73. The minimum absolute atomic E-state index is 0.132. The summed E-state index contributed by atoms with van der Waals surface area (Å²) in [5, 5.41) is 0.951. The van der Waals surface area contributed by atoms with Gasteiger partial charge < -0.3 is 9.47 Å². The van der Waals surface area contributed by atoms with E-state index in [1.165, 1.54) is 6.26 Å². The molecule has 4 nitrogen and oxygen atoms in total. The van der Waals surface area contributed by atoms with Gasteiger partial charge in [-0.25, -0.2) is 8.42 Å². The zero-order valence-corrected chi connectivity index (χ0v) is 17.6. The lowest BCUT2D eigenvalue weighted by Crippen LogP contribution is -1.96. The van der Waals surface area contributed by atoms with E-state index < -0.39 is 9.84 Å². The van der Waals surface area contributed by atoms with E-state index in [4.69, 9.17) is 44.3 Å². The maximum absolute atomic E-state index is 11.8. The Kier molecular flexibility index (Phi) is 4.96. The van der Waals surface area contributed by atoms with Crippen LogP contribution in [0.5, 0.6) is 11.5 Å². The van der Waals surface area contributed by atoms with Crippen molar-refractivity contribution >= 4 is 44.6 Å². The summed E-state index contributed by atoms with van der Waals surface area (Å²) < 4.78 is 34.5. The molecular formula is C20H13Cl3O4S. The lowest BCUT2D eigenvalue weighted by molar-refractivity contribution is 0.174. The summed E-state index contributed by atoms with van der Waals surface area (Å²) in [7, 11) is -3.28. The molecule has 0 aliphatic carbocycles. The molecule has 1 aliphatic heterocycles. The highest BCUT2D eigenvalue weighted by Crippen LogP contribution is 2.45. The second kappa shape index (κ2) is 7.16. The zero-order valence-electron chi connectivity index (χ0n) is 14.5. The Morgan fingerprint density at radius 2 is 1.29 bits per heavy atom. The van der Waals surface area contributed by atoms with Crippen molar-refractivity contribution in [2.75, 3.05) is 13.0 Å². The number of halogens is 3. The smallest absolute Gasteiger partial charge is 0.231 e. The number of ether oxygens (including phenoxy) is 2. The summed E-state index contributed by atoms with van der Waals surface area (Å²) in [4.78, 5) is 0.246. The number of sulfone groups is 1. The molecule has 0 fully saturated rings. The summed E-state index contributed by atoms with van der Waals surface area (Å²) in [6.07, 6.45) is 1.17. The van der Waals surface area contributed by atoms with Crippen LogP contribution in [0.3, 0.4) is 0 Å². The summed E-state index contributed by atoms with van der Waals surface area (Å²) in [6, 6.07) is 13.8. The molecule has 0 radical (unpaired) electrons. The Balaban J connectivity index is 1.92. The first-order valence-electron chi connectivity index (χ1n) is 8.13. The standard InChI is InChI=1S/C20H13Cl3O4S/c1-28(24,25)13-4-2-11(3-5-13)14-8-18-19(27-10-26-18)9-15(14)12-6-16(21)20(23)17(22)7-12/h2-9H,10H2,1H3. The van der Waals surface area contributed by atoms with E-state index in [9.17, 15) is 8.42 Å². The van der Waals surface area contributed by atoms with E-state index in [1.807, 2.05) is 12.1 Å². The molecule has 0 N–H and O–H groups in total. The van der Waals surface area contributed by atoms with Crippen molar-refractivity contribution in [2.45, 2.75) is 4.90 Å². The number of hydrogen-bond acceptors (Lipinski definition) is 4. The first-order valence-corrected chi connectivity index (χ1v) is 11.2. The fourth-order valence-corrected chi connectivity index (χ4v) is 4.24. The SMILES string of the molecule is CS(=O)(=O)c1ccc(-c2cc3c(cc2-c2cc(Cl)c(Cl)c(Cl)c2)OCO3)cc1. The fraction of sp³-hybridized carbons (Fsp3) is 0.100. The topological polar surface area (TPSA) is 52.6 Å². The highest BCUT2D eigenvalue weighted by molar-refractivity contribution is 7.90. The lowest BCUT2D eigenvalue weighted by Gasteiger charge is -2.14. The zero-order chi connectivity index (χ0) is 20.1. The van der Waals surface area contributed by atoms with Gasteiger partial charge in [-0.05, 0) is 58.7 Å². The van der Waals surface area contributed by atoms with Crippen molar-refractivity contribution < 1.29 is 17.9 Å². The van der Waals surface area contributed by atoms with Crippen molar-refractivity contribution in [2.24, 2.45) is 0 Å². The Labute approximate surface area is 177 Å². The van der Waals surface area contributed by atoms with Crippen LogP contribution >= 0.6 is 34.8 Å². The molecule has 0 saturated carbocycles. The average Bonchev–Trinajstić information content (AvgIpc) is 3.11. The molecule has 4 rings (SSSR count). The molecule has 0 unspecified atom stereocenters. The van der Waals surface area contributed by atoms with Gasteiger partial charge in [0, 0.05) is 6.26 Å². The van der Waals surface area contributed by atoms with Gasteiger partial charge in [0.1, 0.15) is 0 Å². The van der Waals surface area contributed by atoms with Gasteiger partial charge in [0.15, 0.2) is 21.3 Å². The van der Waals surface area contributed by atoms with Crippen LogP contribution in [0.15, 0.2) is 53.4 Å². The molecule has 144 valence electrons. The van der Waals surface area contributed by atoms with Crippen LogP contribution in [0.1, 0.15) is 0 Å². The summed E-state index contributed by atoms with van der Waals surface area (Å²) in [6.45, 7) is 0.132. The Bertz CT molecular complexity index is 1170. The number of hydrogen-bond donors (Lipinski definition) is 0. The summed E-state index contributed by atoms with van der Waals surface area (Å²) in [5.74, 6) is 1.21. The summed E-state index contributed by atoms with van der Waals surface area (Å²) >= 11 is 18.5. The van der Waals surface area contributed by atoms with E-state index >= 15 is 0 Å². The Morgan fingerprint density at radius 3 is 1.79 bits per heavy atom. The maximum atomic E-state index is 11.8. The third kappa shape index (κ3) is 3.55. The van der Waals surface area contributed by atoms with E-state index in [0.717, 1.165) is 22.3 Å². The molecule has 3 aromatic carbocycles. The highest BCUT2D eigenvalue weighted by Gasteiger charge is 2.20. The molecule has 28 heavy (non-hydrogen) atoms. The number of fused-ring (bicyclic) bond motifs is 1.